The molecule has 2 aliphatic rings. The number of aliphatic hydroxyl groups excluding tert-OH is 1. The summed E-state index contributed by atoms with van der Waals surface area (Å²) in [5.74, 6) is 0.747. The Kier molecular flexibility index (Phi) is 3.68. The summed E-state index contributed by atoms with van der Waals surface area (Å²) in [5, 5.41) is 26.1. The summed E-state index contributed by atoms with van der Waals surface area (Å²) in [6.45, 7) is 4.02. The Morgan fingerprint density at radius 3 is 2.32 bits per heavy atom. The van der Waals surface area contributed by atoms with Crippen LogP contribution in [-0.4, -0.2) is 36.5 Å². The third kappa shape index (κ3) is 2.23. The van der Waals surface area contributed by atoms with Gasteiger partial charge >= 0.3 is 0 Å². The van der Waals surface area contributed by atoms with Crippen LogP contribution in [0, 0.1) is 11.8 Å². The highest BCUT2D eigenvalue weighted by Crippen LogP contribution is 2.74. The maximum atomic E-state index is 11.2. The van der Waals surface area contributed by atoms with Gasteiger partial charge in [-0.3, -0.25) is 0 Å². The topological polar surface area (TPSA) is 83.2 Å². The van der Waals surface area contributed by atoms with E-state index in [0.29, 0.717) is 5.82 Å². The third-order valence-electron chi connectivity index (χ3n) is 7.49. The van der Waals surface area contributed by atoms with Crippen molar-refractivity contribution in [1.29, 1.82) is 0 Å². The van der Waals surface area contributed by atoms with Gasteiger partial charge in [0.15, 0.2) is 0 Å². The third-order valence-corrected chi connectivity index (χ3v) is 7.49. The predicted octanol–water partition coefficient (Wildman–Crippen LogP) is 3.93. The van der Waals surface area contributed by atoms with E-state index in [1.807, 2.05) is 62.4 Å². The average molecular weight is 412 g/mol. The number of nitrogens with one attached hydrogen (secondary N) is 1. The quantitative estimate of drug-likeness (QED) is 0.473. The lowest BCUT2D eigenvalue weighted by Gasteiger charge is -2.33. The first-order valence-electron chi connectivity index (χ1n) is 10.6. The minimum atomic E-state index is -1.12. The maximum Gasteiger partial charge on any atom is 0.146 e. The number of hydrogen-bond acceptors (Lipinski definition) is 5. The van der Waals surface area contributed by atoms with Crippen LogP contribution in [0.15, 0.2) is 73.2 Å². The molecule has 2 heterocycles. The molecular weight excluding hydrogens is 388 g/mol. The lowest BCUT2D eigenvalue weighted by molar-refractivity contribution is -0.113. The van der Waals surface area contributed by atoms with Crippen molar-refractivity contribution >= 4 is 22.5 Å². The molecule has 0 radical (unpaired) electrons. The first-order chi connectivity index (χ1) is 15.0. The maximum absolute atomic E-state index is 11.2. The number of rotatable bonds is 4. The molecule has 0 aliphatic heterocycles. The van der Waals surface area contributed by atoms with Crippen LogP contribution in [0.3, 0.4) is 0 Å². The summed E-state index contributed by atoms with van der Waals surface area (Å²) in [6, 6.07) is 20.1. The van der Waals surface area contributed by atoms with Crippen LogP contribution in [0.25, 0.3) is 22.2 Å². The molecule has 0 bridgehead atoms. The lowest BCUT2D eigenvalue weighted by atomic mass is 9.81. The average Bonchev–Trinajstić information content (AvgIpc) is 3.06. The number of fused-ring (bicyclic) bond motifs is 2. The Hall–Kier alpha value is -3.22. The Bertz CT molecular complexity index is 1290. The van der Waals surface area contributed by atoms with E-state index in [9.17, 15) is 10.2 Å². The molecule has 6 nitrogen and oxygen atoms in total. The van der Waals surface area contributed by atoms with E-state index >= 15 is 0 Å². The second kappa shape index (κ2) is 6.15. The smallest absolute Gasteiger partial charge is 0.146 e. The molecule has 2 saturated carbocycles. The zero-order valence-corrected chi connectivity index (χ0v) is 17.4. The predicted molar refractivity (Wildman–Crippen MR) is 120 cm³/mol. The van der Waals surface area contributed by atoms with Crippen LogP contribution in [0.2, 0.25) is 0 Å². The second-order valence-corrected chi connectivity index (χ2v) is 8.95. The zero-order valence-electron chi connectivity index (χ0n) is 17.4. The minimum Gasteiger partial charge on any atom is -0.390 e. The van der Waals surface area contributed by atoms with Crippen LogP contribution in [0.1, 0.15) is 13.8 Å². The summed E-state index contributed by atoms with van der Waals surface area (Å²) in [7, 11) is 0. The highest BCUT2D eigenvalue weighted by molar-refractivity contribution is 6.02. The fourth-order valence-corrected chi connectivity index (χ4v) is 5.86. The fraction of sp³-hybridized carbons (Fsp3) is 0.280. The largest absolute Gasteiger partial charge is 0.390 e. The molecule has 2 unspecified atom stereocenters. The van der Waals surface area contributed by atoms with E-state index in [-0.39, 0.29) is 11.8 Å². The molecule has 6 heteroatoms. The Labute approximate surface area is 180 Å². The molecular formula is C25H24N4O2. The van der Waals surface area contributed by atoms with Crippen LogP contribution in [0.5, 0.6) is 0 Å². The lowest BCUT2D eigenvalue weighted by Crippen LogP contribution is -2.48. The Morgan fingerprint density at radius 1 is 1.00 bits per heavy atom. The van der Waals surface area contributed by atoms with Crippen LogP contribution in [0.4, 0.5) is 11.5 Å². The summed E-state index contributed by atoms with van der Waals surface area (Å²) in [5.41, 5.74) is 1.99. The molecule has 2 aromatic carbocycles. The SMILES string of the molecule is CC1[C@@H]2C(O)([C@H]1O)[C@]2(C)n1cc(-c2ccccc2)c2c(Nc3ccccc3)ncnc21. The van der Waals surface area contributed by atoms with Crippen LogP contribution >= 0.6 is 0 Å². The molecule has 0 amide bonds. The Balaban J connectivity index is 1.58. The highest BCUT2D eigenvalue weighted by atomic mass is 16.4. The van der Waals surface area contributed by atoms with E-state index in [1.165, 1.54) is 0 Å². The summed E-state index contributed by atoms with van der Waals surface area (Å²) in [4.78, 5) is 9.19. The van der Waals surface area contributed by atoms with Crippen molar-refractivity contribution in [2.75, 3.05) is 5.32 Å². The monoisotopic (exact) mass is 412 g/mol. The van der Waals surface area contributed by atoms with Gasteiger partial charge in [-0.25, -0.2) is 9.97 Å². The standard InChI is InChI=1S/C25H24N4O2/c1-15-20-24(2,25(20,31)21(15)30)29-13-18(16-9-5-3-6-10-16)19-22(26-14-27-23(19)29)28-17-11-7-4-8-12-17/h3-15,20-21,30-31H,1-2H3,(H,26,27,28)/t15?,20-,21-,24+,25?/m0/s1. The molecule has 0 spiro atoms. The molecule has 0 saturated heterocycles. The fourth-order valence-electron chi connectivity index (χ4n) is 5.86. The van der Waals surface area contributed by atoms with E-state index in [0.717, 1.165) is 27.8 Å². The first-order valence-corrected chi connectivity index (χ1v) is 10.6. The van der Waals surface area contributed by atoms with E-state index < -0.39 is 17.2 Å². The molecule has 6 rings (SSSR count). The number of aliphatic hydroxyl groups is 2. The van der Waals surface area contributed by atoms with Crippen LogP contribution in [-0.2, 0) is 5.54 Å². The van der Waals surface area contributed by atoms with Gasteiger partial charge in [0.05, 0.1) is 17.0 Å². The Morgan fingerprint density at radius 2 is 1.68 bits per heavy atom. The van der Waals surface area contributed by atoms with Crippen molar-refractivity contribution in [2.45, 2.75) is 31.1 Å². The molecule has 5 atom stereocenters. The normalized spacial score (nSPS) is 31.2. The number of para-hydroxylation sites is 1. The van der Waals surface area contributed by atoms with Gasteiger partial charge in [-0.2, -0.15) is 0 Å². The van der Waals surface area contributed by atoms with Gasteiger partial charge in [-0.1, -0.05) is 55.5 Å². The summed E-state index contributed by atoms with van der Waals surface area (Å²) < 4.78 is 2.06. The van der Waals surface area contributed by atoms with Crippen molar-refractivity contribution in [3.05, 3.63) is 73.2 Å². The number of hydrogen-bond donors (Lipinski definition) is 3. The first kappa shape index (κ1) is 18.5. The van der Waals surface area contributed by atoms with E-state index in [1.54, 1.807) is 6.33 Å². The van der Waals surface area contributed by atoms with Crippen molar-refractivity contribution in [1.82, 2.24) is 14.5 Å². The molecule has 2 aromatic heterocycles. The molecule has 156 valence electrons. The van der Waals surface area contributed by atoms with Gasteiger partial charge in [0.2, 0.25) is 0 Å². The van der Waals surface area contributed by atoms with Gasteiger partial charge in [0, 0.05) is 23.4 Å². The molecule has 2 aliphatic carbocycles. The van der Waals surface area contributed by atoms with Crippen LogP contribution < -0.4 is 5.32 Å². The van der Waals surface area contributed by atoms with Gasteiger partial charge in [-0.05, 0) is 30.5 Å². The number of benzene rings is 2. The van der Waals surface area contributed by atoms with Crippen molar-refractivity contribution < 1.29 is 10.2 Å². The summed E-state index contributed by atoms with van der Waals surface area (Å²) >= 11 is 0. The molecule has 31 heavy (non-hydrogen) atoms. The molecule has 2 fully saturated rings. The number of anilines is 2. The van der Waals surface area contributed by atoms with Gasteiger partial charge in [0.25, 0.3) is 0 Å². The minimum absolute atomic E-state index is 0.00489. The zero-order chi connectivity index (χ0) is 21.4. The molecule has 3 N–H and O–H groups in total. The number of nitrogens with zero attached hydrogens (tertiary/aromatic N) is 3. The summed E-state index contributed by atoms with van der Waals surface area (Å²) in [6.07, 6.45) is 2.88. The molecule has 4 aromatic rings. The second-order valence-electron chi connectivity index (χ2n) is 8.95. The van der Waals surface area contributed by atoms with Gasteiger partial charge in [-0.15, -0.1) is 0 Å². The van der Waals surface area contributed by atoms with E-state index in [4.69, 9.17) is 0 Å². The van der Waals surface area contributed by atoms with Gasteiger partial charge in [0.1, 0.15) is 23.4 Å². The van der Waals surface area contributed by atoms with Crippen molar-refractivity contribution in [3.63, 3.8) is 0 Å². The van der Waals surface area contributed by atoms with E-state index in [2.05, 4.69) is 38.2 Å². The number of aromatic nitrogens is 3. The van der Waals surface area contributed by atoms with Gasteiger partial charge < -0.3 is 20.1 Å². The van der Waals surface area contributed by atoms with Crippen molar-refractivity contribution in [2.24, 2.45) is 11.8 Å². The van der Waals surface area contributed by atoms with Crippen molar-refractivity contribution in [3.8, 4) is 11.1 Å². The highest BCUT2D eigenvalue weighted by Gasteiger charge is 2.88.